The Labute approximate surface area is 38.4 Å². The van der Waals surface area contributed by atoms with Crippen LogP contribution in [0, 0.1) is 6.17 Å². The largest absolute Gasteiger partial charge is 0.240 e. The van der Waals surface area contributed by atoms with E-state index in [9.17, 15) is 4.39 Å². The summed E-state index contributed by atoms with van der Waals surface area (Å²) >= 11 is 0. The van der Waals surface area contributed by atoms with E-state index in [4.69, 9.17) is 0 Å². The average molecular weight is 89.1 g/mol. The summed E-state index contributed by atoms with van der Waals surface area (Å²) < 4.78 is 11.8. The predicted molar refractivity (Wildman–Crippen MR) is 24.9 cm³/mol. The molecule has 37 valence electrons. The van der Waals surface area contributed by atoms with Crippen LogP contribution in [0.2, 0.25) is 0 Å². The summed E-state index contributed by atoms with van der Waals surface area (Å²) in [5, 5.41) is 0. The van der Waals surface area contributed by atoms with Crippen molar-refractivity contribution in [2.45, 2.75) is 26.7 Å². The maximum Gasteiger partial charge on any atom is 0.144 e. The third kappa shape index (κ3) is 2.18. The summed E-state index contributed by atoms with van der Waals surface area (Å²) in [6.45, 7) is 3.64. The Bertz CT molecular complexity index is 23.1. The molecule has 0 aliphatic rings. The molecule has 0 aromatic heterocycles. The first-order chi connectivity index (χ1) is 2.81. The summed E-state index contributed by atoms with van der Waals surface area (Å²) in [6, 6.07) is 0. The van der Waals surface area contributed by atoms with Crippen LogP contribution in [0.4, 0.5) is 4.39 Å². The van der Waals surface area contributed by atoms with E-state index < -0.39 is 0 Å². The predicted octanol–water partition coefficient (Wildman–Crippen LogP) is 2.31. The highest BCUT2D eigenvalue weighted by Gasteiger charge is 1.96. The summed E-state index contributed by atoms with van der Waals surface area (Å²) in [5.74, 6) is 0. The summed E-state index contributed by atoms with van der Waals surface area (Å²) in [4.78, 5) is 0. The van der Waals surface area contributed by atoms with Gasteiger partial charge >= 0.3 is 0 Å². The molecular weight excluding hydrogens is 79.1 g/mol. The lowest BCUT2D eigenvalue weighted by Crippen LogP contribution is -1.79. The van der Waals surface area contributed by atoms with Gasteiger partial charge in [-0.15, -0.1) is 0 Å². The van der Waals surface area contributed by atoms with Gasteiger partial charge in [-0.3, -0.25) is 0 Å². The second-order valence-electron chi connectivity index (χ2n) is 1.22. The molecule has 0 aliphatic carbocycles. The molecule has 0 amide bonds. The van der Waals surface area contributed by atoms with E-state index in [0.29, 0.717) is 12.8 Å². The zero-order valence-electron chi connectivity index (χ0n) is 4.29. The molecule has 1 heteroatoms. The first-order valence-corrected chi connectivity index (χ1v) is 2.31. The van der Waals surface area contributed by atoms with Gasteiger partial charge in [0, 0.05) is 0 Å². The standard InChI is InChI=1S/C5H10F/c1-3-5(6)4-2/h3-4H2,1-2H3. The Hall–Kier alpha value is -0.0700. The highest BCUT2D eigenvalue weighted by molar-refractivity contribution is 4.69. The van der Waals surface area contributed by atoms with Gasteiger partial charge in [-0.2, -0.15) is 0 Å². The van der Waals surface area contributed by atoms with Crippen LogP contribution in [-0.2, 0) is 0 Å². The lowest BCUT2D eigenvalue weighted by molar-refractivity contribution is 0.450. The third-order valence-electron chi connectivity index (χ3n) is 0.767. The molecule has 6 heavy (non-hydrogen) atoms. The molecule has 0 saturated carbocycles. The normalized spacial score (nSPS) is 10.0. The molecule has 0 saturated heterocycles. The fraction of sp³-hybridized carbons (Fsp3) is 0.800. The van der Waals surface area contributed by atoms with Crippen molar-refractivity contribution in [1.82, 2.24) is 0 Å². The molecule has 0 aromatic carbocycles. The van der Waals surface area contributed by atoms with Crippen molar-refractivity contribution >= 4 is 0 Å². The Kier molecular flexibility index (Phi) is 3.10. The third-order valence-corrected chi connectivity index (χ3v) is 0.767. The zero-order valence-corrected chi connectivity index (χ0v) is 4.29. The van der Waals surface area contributed by atoms with Crippen molar-refractivity contribution in [3.63, 3.8) is 0 Å². The van der Waals surface area contributed by atoms with Gasteiger partial charge in [-0.05, 0) is 12.8 Å². The molecule has 0 spiro atoms. The Morgan fingerprint density at radius 2 is 1.67 bits per heavy atom. The van der Waals surface area contributed by atoms with E-state index in [0.717, 1.165) is 0 Å². The molecule has 0 aliphatic heterocycles. The molecule has 0 fully saturated rings. The molecule has 1 radical (unpaired) electrons. The molecular formula is C5H10F. The smallest absolute Gasteiger partial charge is 0.144 e. The lowest BCUT2D eigenvalue weighted by Gasteiger charge is -1.92. The highest BCUT2D eigenvalue weighted by atomic mass is 19.1. The van der Waals surface area contributed by atoms with E-state index in [1.165, 1.54) is 0 Å². The minimum Gasteiger partial charge on any atom is -0.240 e. The van der Waals surface area contributed by atoms with Crippen molar-refractivity contribution in [2.75, 3.05) is 0 Å². The van der Waals surface area contributed by atoms with E-state index in [1.807, 2.05) is 13.8 Å². The van der Waals surface area contributed by atoms with Crippen LogP contribution >= 0.6 is 0 Å². The maximum absolute atomic E-state index is 11.8. The number of rotatable bonds is 2. The van der Waals surface area contributed by atoms with Crippen LogP contribution in [0.1, 0.15) is 26.7 Å². The quantitative estimate of drug-likeness (QED) is 0.487. The highest BCUT2D eigenvalue weighted by Crippen LogP contribution is 2.09. The van der Waals surface area contributed by atoms with Crippen LogP contribution in [0.5, 0.6) is 0 Å². The molecule has 0 rings (SSSR count). The minimum atomic E-state index is 0.0926. The first kappa shape index (κ1) is 5.93. The van der Waals surface area contributed by atoms with Crippen LogP contribution in [-0.4, -0.2) is 0 Å². The first-order valence-electron chi connectivity index (χ1n) is 2.31. The van der Waals surface area contributed by atoms with E-state index >= 15 is 0 Å². The van der Waals surface area contributed by atoms with Crippen molar-refractivity contribution in [3.8, 4) is 0 Å². The number of hydrogen-bond donors (Lipinski definition) is 0. The van der Waals surface area contributed by atoms with Gasteiger partial charge < -0.3 is 0 Å². The molecule has 0 bridgehead atoms. The Morgan fingerprint density at radius 3 is 1.67 bits per heavy atom. The van der Waals surface area contributed by atoms with Gasteiger partial charge in [-0.1, -0.05) is 13.8 Å². The van der Waals surface area contributed by atoms with E-state index in [1.54, 1.807) is 0 Å². The van der Waals surface area contributed by atoms with E-state index in [-0.39, 0.29) is 6.17 Å². The second kappa shape index (κ2) is 3.13. The monoisotopic (exact) mass is 89.1 g/mol. The summed E-state index contributed by atoms with van der Waals surface area (Å²) in [7, 11) is 0. The molecule has 0 unspecified atom stereocenters. The summed E-state index contributed by atoms with van der Waals surface area (Å²) in [5.41, 5.74) is 0. The van der Waals surface area contributed by atoms with Gasteiger partial charge in [0.25, 0.3) is 0 Å². The molecule has 0 nitrogen and oxygen atoms in total. The summed E-state index contributed by atoms with van der Waals surface area (Å²) in [6.07, 6.45) is 1.25. The second-order valence-corrected chi connectivity index (χ2v) is 1.22. The van der Waals surface area contributed by atoms with Gasteiger partial charge in [0.05, 0.1) is 0 Å². The van der Waals surface area contributed by atoms with Crippen molar-refractivity contribution in [1.29, 1.82) is 0 Å². The number of hydrogen-bond acceptors (Lipinski definition) is 0. The Balaban J connectivity index is 2.75. The number of halogens is 1. The topological polar surface area (TPSA) is 0 Å². The van der Waals surface area contributed by atoms with Crippen LogP contribution < -0.4 is 0 Å². The molecule has 0 atom stereocenters. The SMILES string of the molecule is CC[C](F)CC. The lowest BCUT2D eigenvalue weighted by atomic mass is 10.2. The van der Waals surface area contributed by atoms with E-state index in [2.05, 4.69) is 0 Å². The van der Waals surface area contributed by atoms with Gasteiger partial charge in [0.15, 0.2) is 0 Å². The maximum atomic E-state index is 11.8. The van der Waals surface area contributed by atoms with Crippen molar-refractivity contribution in [2.24, 2.45) is 0 Å². The van der Waals surface area contributed by atoms with Gasteiger partial charge in [0.2, 0.25) is 0 Å². The fourth-order valence-electron chi connectivity index (χ4n) is 0.250. The van der Waals surface area contributed by atoms with Gasteiger partial charge in [0.1, 0.15) is 6.17 Å². The van der Waals surface area contributed by atoms with Crippen LogP contribution in [0.3, 0.4) is 0 Å². The van der Waals surface area contributed by atoms with Crippen LogP contribution in [0.15, 0.2) is 0 Å². The van der Waals surface area contributed by atoms with Crippen LogP contribution in [0.25, 0.3) is 0 Å². The average Bonchev–Trinajstić information content (AvgIpc) is 1.65. The zero-order chi connectivity index (χ0) is 4.99. The molecule has 0 heterocycles. The van der Waals surface area contributed by atoms with Gasteiger partial charge in [-0.25, -0.2) is 4.39 Å². The van der Waals surface area contributed by atoms with Crippen molar-refractivity contribution < 1.29 is 4.39 Å². The fourth-order valence-corrected chi connectivity index (χ4v) is 0.250. The Morgan fingerprint density at radius 1 is 1.33 bits per heavy atom. The van der Waals surface area contributed by atoms with Crippen molar-refractivity contribution in [3.05, 3.63) is 6.17 Å². The molecule has 0 aromatic rings. The minimum absolute atomic E-state index is 0.0926. The molecule has 0 N–H and O–H groups in total.